The van der Waals surface area contributed by atoms with Gasteiger partial charge >= 0.3 is 0 Å². The molecule has 4 nitrogen and oxygen atoms in total. The molecule has 3 N–H and O–H groups in total. The first kappa shape index (κ1) is 18.0. The quantitative estimate of drug-likeness (QED) is 0.809. The van der Waals surface area contributed by atoms with E-state index in [2.05, 4.69) is 33.0 Å². The van der Waals surface area contributed by atoms with Gasteiger partial charge in [-0.25, -0.2) is 13.6 Å². The number of hydrogen-bond acceptors (Lipinski definition) is 3. The first-order valence-corrected chi connectivity index (χ1v) is 9.04. The van der Waals surface area contributed by atoms with Gasteiger partial charge in [0.25, 0.3) is 0 Å². The molecule has 0 aliphatic carbocycles. The third-order valence-corrected chi connectivity index (χ3v) is 4.52. The Morgan fingerprint density at radius 2 is 1.62 bits per heavy atom. The molecule has 0 aliphatic rings. The number of hydrogen-bond donors (Lipinski definition) is 2. The van der Waals surface area contributed by atoms with Crippen LogP contribution in [-0.2, 0) is 10.0 Å². The summed E-state index contributed by atoms with van der Waals surface area (Å²) in [5.41, 5.74) is 1.55. The molecule has 0 aromatic heterocycles. The molecule has 1 aromatic carbocycles. The predicted molar refractivity (Wildman–Crippen MR) is 88.9 cm³/mol. The summed E-state index contributed by atoms with van der Waals surface area (Å²) in [6.45, 7) is 10.6. The van der Waals surface area contributed by atoms with E-state index in [4.69, 9.17) is 5.14 Å². The lowest BCUT2D eigenvalue weighted by molar-refractivity contribution is 0.442. The summed E-state index contributed by atoms with van der Waals surface area (Å²) in [7, 11) is -3.68. The van der Waals surface area contributed by atoms with Crippen LogP contribution in [0.3, 0.4) is 0 Å². The van der Waals surface area contributed by atoms with Gasteiger partial charge in [-0.1, -0.05) is 33.8 Å². The molecule has 0 spiro atoms. The van der Waals surface area contributed by atoms with Crippen molar-refractivity contribution in [3.05, 3.63) is 23.8 Å². The van der Waals surface area contributed by atoms with E-state index in [-0.39, 0.29) is 4.90 Å². The van der Waals surface area contributed by atoms with Crippen LogP contribution in [0.15, 0.2) is 23.1 Å². The Labute approximate surface area is 129 Å². The van der Waals surface area contributed by atoms with E-state index >= 15 is 0 Å². The fourth-order valence-electron chi connectivity index (χ4n) is 2.65. The normalized spacial score (nSPS) is 12.4. The van der Waals surface area contributed by atoms with Gasteiger partial charge in [-0.15, -0.1) is 0 Å². The Balaban J connectivity index is 3.04. The number of rotatable bonds is 7. The van der Waals surface area contributed by atoms with E-state index in [1.54, 1.807) is 19.1 Å². The molecule has 0 unspecified atom stereocenters. The van der Waals surface area contributed by atoms with Gasteiger partial charge in [0.15, 0.2) is 0 Å². The van der Waals surface area contributed by atoms with Crippen molar-refractivity contribution >= 4 is 15.7 Å². The van der Waals surface area contributed by atoms with Gasteiger partial charge in [-0.3, -0.25) is 0 Å². The first-order valence-electron chi connectivity index (χ1n) is 7.50. The van der Waals surface area contributed by atoms with E-state index in [9.17, 15) is 8.42 Å². The van der Waals surface area contributed by atoms with Crippen LogP contribution in [-0.4, -0.2) is 14.5 Å². The molecule has 0 bridgehead atoms. The van der Waals surface area contributed by atoms with Gasteiger partial charge in [0.2, 0.25) is 10.0 Å². The van der Waals surface area contributed by atoms with Crippen molar-refractivity contribution in [2.45, 2.75) is 58.4 Å². The Bertz CT molecular complexity index is 556. The Morgan fingerprint density at radius 1 is 1.10 bits per heavy atom. The van der Waals surface area contributed by atoms with E-state index in [0.717, 1.165) is 18.5 Å². The lowest BCUT2D eigenvalue weighted by Gasteiger charge is -2.25. The van der Waals surface area contributed by atoms with Gasteiger partial charge in [-0.2, -0.15) is 0 Å². The highest BCUT2D eigenvalue weighted by Crippen LogP contribution is 2.25. The summed E-state index contributed by atoms with van der Waals surface area (Å²) in [4.78, 5) is 0.195. The van der Waals surface area contributed by atoms with Crippen molar-refractivity contribution in [3.63, 3.8) is 0 Å². The minimum absolute atomic E-state index is 0.195. The molecule has 5 heteroatoms. The summed E-state index contributed by atoms with van der Waals surface area (Å²) in [5, 5.41) is 8.77. The molecular formula is C16H28N2O2S. The van der Waals surface area contributed by atoms with E-state index < -0.39 is 10.0 Å². The van der Waals surface area contributed by atoms with E-state index in [1.165, 1.54) is 0 Å². The second kappa shape index (κ2) is 7.27. The summed E-state index contributed by atoms with van der Waals surface area (Å²) in [6.07, 6.45) is 2.11. The van der Waals surface area contributed by atoms with Crippen molar-refractivity contribution in [2.24, 2.45) is 17.0 Å². The number of benzene rings is 1. The minimum Gasteiger partial charge on any atom is -0.382 e. The molecule has 0 aliphatic heterocycles. The van der Waals surface area contributed by atoms with Crippen LogP contribution >= 0.6 is 0 Å². The molecule has 0 fully saturated rings. The van der Waals surface area contributed by atoms with Gasteiger partial charge in [0.1, 0.15) is 0 Å². The van der Waals surface area contributed by atoms with Crippen LogP contribution < -0.4 is 10.5 Å². The maximum Gasteiger partial charge on any atom is 0.238 e. The summed E-state index contributed by atoms with van der Waals surface area (Å²) >= 11 is 0. The highest BCUT2D eigenvalue weighted by molar-refractivity contribution is 7.89. The van der Waals surface area contributed by atoms with Crippen LogP contribution in [0.4, 0.5) is 5.69 Å². The highest BCUT2D eigenvalue weighted by Gasteiger charge is 2.17. The number of primary sulfonamides is 1. The van der Waals surface area contributed by atoms with Crippen LogP contribution in [0.5, 0.6) is 0 Å². The van der Waals surface area contributed by atoms with Crippen molar-refractivity contribution in [3.8, 4) is 0 Å². The van der Waals surface area contributed by atoms with Crippen LogP contribution in [0.25, 0.3) is 0 Å². The summed E-state index contributed by atoms with van der Waals surface area (Å²) in [6, 6.07) is 5.53. The average Bonchev–Trinajstić information content (AvgIpc) is 2.28. The Kier molecular flexibility index (Phi) is 6.23. The molecule has 21 heavy (non-hydrogen) atoms. The third-order valence-electron chi connectivity index (χ3n) is 3.46. The lowest BCUT2D eigenvalue weighted by atomic mass is 9.95. The van der Waals surface area contributed by atoms with Crippen molar-refractivity contribution in [1.82, 2.24) is 0 Å². The fraction of sp³-hybridized carbons (Fsp3) is 0.625. The second-order valence-electron chi connectivity index (χ2n) is 6.57. The standard InChI is InChI=1S/C16H28N2O2S/c1-11(2)9-14(10-12(3)4)18-15-7-6-8-16(13(15)5)21(17,19)20/h6-8,11-12,14,18H,9-10H2,1-5H3,(H2,17,19,20). The zero-order valence-electron chi connectivity index (χ0n) is 13.7. The third kappa shape index (κ3) is 5.67. The lowest BCUT2D eigenvalue weighted by Crippen LogP contribution is -2.24. The van der Waals surface area contributed by atoms with Crippen molar-refractivity contribution in [2.75, 3.05) is 5.32 Å². The number of nitrogens with one attached hydrogen (secondary N) is 1. The Morgan fingerprint density at radius 3 is 2.05 bits per heavy atom. The van der Waals surface area contributed by atoms with Crippen molar-refractivity contribution in [1.29, 1.82) is 0 Å². The summed E-state index contributed by atoms with van der Waals surface area (Å²) < 4.78 is 23.2. The van der Waals surface area contributed by atoms with E-state index in [1.807, 2.05) is 6.07 Å². The minimum atomic E-state index is -3.68. The molecular weight excluding hydrogens is 284 g/mol. The van der Waals surface area contributed by atoms with E-state index in [0.29, 0.717) is 23.4 Å². The Hall–Kier alpha value is -1.07. The number of anilines is 1. The van der Waals surface area contributed by atoms with Gasteiger partial charge in [-0.05, 0) is 49.3 Å². The molecule has 0 radical (unpaired) electrons. The first-order chi connectivity index (χ1) is 9.61. The molecule has 0 atom stereocenters. The number of nitrogens with two attached hydrogens (primary N) is 1. The maximum absolute atomic E-state index is 11.6. The van der Waals surface area contributed by atoms with Crippen molar-refractivity contribution < 1.29 is 8.42 Å². The second-order valence-corrected chi connectivity index (χ2v) is 8.10. The molecule has 1 aromatic rings. The molecule has 0 amide bonds. The smallest absolute Gasteiger partial charge is 0.238 e. The molecule has 0 saturated heterocycles. The van der Waals surface area contributed by atoms with Gasteiger partial charge < -0.3 is 5.32 Å². The predicted octanol–water partition coefficient (Wildman–Crippen LogP) is 3.52. The zero-order chi connectivity index (χ0) is 16.2. The zero-order valence-corrected chi connectivity index (χ0v) is 14.5. The highest BCUT2D eigenvalue weighted by atomic mass is 32.2. The summed E-state index contributed by atoms with van der Waals surface area (Å²) in [5.74, 6) is 1.17. The molecule has 1 rings (SSSR count). The van der Waals surface area contributed by atoms with Crippen LogP contribution in [0.2, 0.25) is 0 Å². The van der Waals surface area contributed by atoms with Gasteiger partial charge in [0.05, 0.1) is 4.90 Å². The molecule has 0 heterocycles. The monoisotopic (exact) mass is 312 g/mol. The SMILES string of the molecule is Cc1c(NC(CC(C)C)CC(C)C)cccc1S(N)(=O)=O. The van der Waals surface area contributed by atoms with Gasteiger partial charge in [0, 0.05) is 11.7 Å². The largest absolute Gasteiger partial charge is 0.382 e. The van der Waals surface area contributed by atoms with Crippen LogP contribution in [0.1, 0.15) is 46.1 Å². The topological polar surface area (TPSA) is 72.2 Å². The fourth-order valence-corrected chi connectivity index (χ4v) is 3.46. The average molecular weight is 312 g/mol. The van der Waals surface area contributed by atoms with Crippen LogP contribution in [0, 0.1) is 18.8 Å². The molecule has 120 valence electrons. The number of sulfonamides is 1. The maximum atomic E-state index is 11.6. The molecule has 0 saturated carbocycles.